The van der Waals surface area contributed by atoms with Crippen molar-refractivity contribution in [2.75, 3.05) is 0 Å². The van der Waals surface area contributed by atoms with Crippen LogP contribution >= 0.6 is 0 Å². The lowest BCUT2D eigenvalue weighted by Gasteiger charge is -2.11. The number of hydrogen-bond donors (Lipinski definition) is 1. The number of aromatic nitrogens is 2. The minimum Gasteiger partial charge on any atom is -0.478 e. The number of rotatable bonds is 17. The molecule has 1 aromatic heterocycles. The van der Waals surface area contributed by atoms with Crippen molar-refractivity contribution in [3.8, 4) is 11.1 Å². The Hall–Kier alpha value is -3.73. The van der Waals surface area contributed by atoms with Crippen LogP contribution in [0.1, 0.15) is 118 Å². The molecule has 0 saturated carbocycles. The second-order valence-electron chi connectivity index (χ2n) is 11.8. The van der Waals surface area contributed by atoms with Gasteiger partial charge in [-0.25, -0.2) is 9.78 Å². The maximum Gasteiger partial charge on any atom is 0.336 e. The largest absolute Gasteiger partial charge is 0.478 e. The van der Waals surface area contributed by atoms with Gasteiger partial charge in [0.05, 0.1) is 16.6 Å². The average molecular weight is 581 g/mol. The Morgan fingerprint density at radius 3 is 2.00 bits per heavy atom. The molecule has 0 atom stereocenters. The molecule has 0 bridgehead atoms. The van der Waals surface area contributed by atoms with Gasteiger partial charge in [0.1, 0.15) is 5.82 Å². The smallest absolute Gasteiger partial charge is 0.336 e. The molecule has 0 radical (unpaired) electrons. The fourth-order valence-electron chi connectivity index (χ4n) is 5.91. The second kappa shape index (κ2) is 16.2. The van der Waals surface area contributed by atoms with E-state index < -0.39 is 5.97 Å². The van der Waals surface area contributed by atoms with Crippen LogP contribution in [0, 0.1) is 0 Å². The molecule has 228 valence electrons. The number of nitrogens with zero attached hydrogens (tertiary/aromatic N) is 2. The zero-order valence-corrected chi connectivity index (χ0v) is 26.3. The van der Waals surface area contributed by atoms with Crippen LogP contribution in [0.4, 0.5) is 0 Å². The van der Waals surface area contributed by atoms with Gasteiger partial charge in [0.2, 0.25) is 0 Å². The summed E-state index contributed by atoms with van der Waals surface area (Å²) in [6.07, 6.45) is 13.7. The molecule has 0 aliphatic rings. The van der Waals surface area contributed by atoms with E-state index in [2.05, 4.69) is 49.6 Å². The third-order valence-electron chi connectivity index (χ3n) is 8.44. The van der Waals surface area contributed by atoms with Crippen LogP contribution in [0.5, 0.6) is 0 Å². The first kappa shape index (κ1) is 32.2. The van der Waals surface area contributed by atoms with Gasteiger partial charge in [-0.05, 0) is 67.0 Å². The molecule has 1 N–H and O–H groups in total. The van der Waals surface area contributed by atoms with E-state index in [1.165, 1.54) is 25.7 Å². The molecule has 5 heteroatoms. The lowest BCUT2D eigenvalue weighted by molar-refractivity contribution is 0.0697. The van der Waals surface area contributed by atoms with Crippen molar-refractivity contribution >= 4 is 17.0 Å². The van der Waals surface area contributed by atoms with Gasteiger partial charge in [0.25, 0.3) is 0 Å². The number of benzene rings is 2. The Morgan fingerprint density at radius 2 is 1.37 bits per heavy atom. The number of unbranched alkanes of at least 4 members (excludes halogenated alkanes) is 7. The predicted molar refractivity (Wildman–Crippen MR) is 178 cm³/mol. The van der Waals surface area contributed by atoms with E-state index in [1.807, 2.05) is 24.3 Å². The molecule has 0 fully saturated rings. The Balaban J connectivity index is 1.75. The van der Waals surface area contributed by atoms with E-state index in [0.29, 0.717) is 17.7 Å². The molecule has 4 rings (SSSR count). The van der Waals surface area contributed by atoms with Gasteiger partial charge < -0.3 is 9.67 Å². The molecule has 0 amide bonds. The quantitative estimate of drug-likeness (QED) is 0.126. The molecule has 43 heavy (non-hydrogen) atoms. The van der Waals surface area contributed by atoms with Gasteiger partial charge in [-0.15, -0.1) is 0 Å². The highest BCUT2D eigenvalue weighted by Crippen LogP contribution is 2.26. The molecule has 0 unspecified atom stereocenters. The van der Waals surface area contributed by atoms with Crippen molar-refractivity contribution in [1.29, 1.82) is 0 Å². The lowest BCUT2D eigenvalue weighted by atomic mass is 9.99. The third-order valence-corrected chi connectivity index (χ3v) is 8.44. The lowest BCUT2D eigenvalue weighted by Crippen LogP contribution is -2.12. The van der Waals surface area contributed by atoms with Gasteiger partial charge in [-0.2, -0.15) is 0 Å². The Bertz CT molecular complexity index is 1550. The number of carboxylic acid groups (broad SMARTS) is 1. The van der Waals surface area contributed by atoms with E-state index in [4.69, 9.17) is 4.98 Å². The molecular formula is C38H48N2O3. The first-order valence-corrected chi connectivity index (χ1v) is 16.4. The molecule has 3 aromatic carbocycles. The maximum absolute atomic E-state index is 13.8. The topological polar surface area (TPSA) is 72.2 Å². The number of hydrogen-bond acceptors (Lipinski definition) is 3. The molecule has 5 nitrogen and oxygen atoms in total. The highest BCUT2D eigenvalue weighted by Gasteiger charge is 2.16. The molecule has 4 aromatic rings. The summed E-state index contributed by atoms with van der Waals surface area (Å²) >= 11 is 0. The van der Waals surface area contributed by atoms with Crippen molar-refractivity contribution in [3.05, 3.63) is 99.0 Å². The summed E-state index contributed by atoms with van der Waals surface area (Å²) in [5.41, 5.74) is 7.00. The van der Waals surface area contributed by atoms with Crippen molar-refractivity contribution < 1.29 is 9.90 Å². The molecule has 0 spiro atoms. The Labute approximate surface area is 257 Å². The Morgan fingerprint density at radius 1 is 0.744 bits per heavy atom. The normalized spacial score (nSPS) is 11.3. The zero-order valence-electron chi connectivity index (χ0n) is 26.3. The highest BCUT2D eigenvalue weighted by molar-refractivity contribution is 5.96. The average Bonchev–Trinajstić information content (AvgIpc) is 3.26. The van der Waals surface area contributed by atoms with E-state index in [1.54, 1.807) is 12.1 Å². The Kier molecular flexibility index (Phi) is 12.1. The first-order valence-electron chi connectivity index (χ1n) is 16.4. The van der Waals surface area contributed by atoms with E-state index in [-0.39, 0.29) is 5.43 Å². The van der Waals surface area contributed by atoms with Gasteiger partial charge in [-0.1, -0.05) is 108 Å². The summed E-state index contributed by atoms with van der Waals surface area (Å²) in [7, 11) is 0. The summed E-state index contributed by atoms with van der Waals surface area (Å²) in [4.78, 5) is 30.7. The molecule has 0 aliphatic carbocycles. The summed E-state index contributed by atoms with van der Waals surface area (Å²) in [6.45, 7) is 7.28. The SMILES string of the molecule is CCCCCCc1cc2nc(CCCC)n(Cc3ccc(-c4ccccc4C(=O)O)cc3)c2cc(CCCCCC)c1=O. The number of aryl methyl sites for hydroxylation is 3. The monoisotopic (exact) mass is 580 g/mol. The summed E-state index contributed by atoms with van der Waals surface area (Å²) < 4.78 is 2.31. The number of fused-ring (bicyclic) bond motifs is 1. The van der Waals surface area contributed by atoms with Crippen molar-refractivity contribution in [2.45, 2.75) is 111 Å². The third kappa shape index (κ3) is 8.43. The van der Waals surface area contributed by atoms with Gasteiger partial charge >= 0.3 is 5.97 Å². The van der Waals surface area contributed by atoms with Crippen LogP contribution in [0.3, 0.4) is 0 Å². The number of aromatic carboxylic acids is 1. The highest BCUT2D eigenvalue weighted by atomic mass is 16.4. The molecule has 0 aliphatic heterocycles. The summed E-state index contributed by atoms with van der Waals surface area (Å²) in [5, 5.41) is 9.66. The molecule has 0 saturated heterocycles. The van der Waals surface area contributed by atoms with Crippen molar-refractivity contribution in [1.82, 2.24) is 9.55 Å². The zero-order chi connectivity index (χ0) is 30.6. The van der Waals surface area contributed by atoms with Crippen LogP contribution < -0.4 is 5.43 Å². The van der Waals surface area contributed by atoms with E-state index in [0.717, 1.165) is 96.9 Å². The van der Waals surface area contributed by atoms with Crippen LogP contribution in [-0.2, 0) is 25.8 Å². The predicted octanol–water partition coefficient (Wildman–Crippen LogP) is 9.40. The van der Waals surface area contributed by atoms with Crippen molar-refractivity contribution in [3.63, 3.8) is 0 Å². The maximum atomic E-state index is 13.8. The van der Waals surface area contributed by atoms with Crippen LogP contribution in [0.2, 0.25) is 0 Å². The van der Waals surface area contributed by atoms with E-state index >= 15 is 0 Å². The standard InChI is InChI=1S/C38H48N2O3/c1-4-7-10-12-16-30-25-34-35(26-31(37(30)41)17-13-11-8-5-2)40(36(39-34)20-9-6-3)27-28-21-23-29(24-22-28)32-18-14-15-19-33(32)38(42)43/h14-15,18-19,21-26H,4-13,16-17,20,27H2,1-3H3,(H,42,43). The first-order chi connectivity index (χ1) is 21.0. The van der Waals surface area contributed by atoms with Crippen LogP contribution in [0.25, 0.3) is 22.2 Å². The second-order valence-corrected chi connectivity index (χ2v) is 11.8. The van der Waals surface area contributed by atoms with E-state index in [9.17, 15) is 14.7 Å². The summed E-state index contributed by atoms with van der Waals surface area (Å²) in [6, 6.07) is 19.5. The fourth-order valence-corrected chi connectivity index (χ4v) is 5.91. The fraction of sp³-hybridized carbons (Fsp3) is 0.447. The molecule has 1 heterocycles. The van der Waals surface area contributed by atoms with Gasteiger partial charge in [0, 0.05) is 24.1 Å². The van der Waals surface area contributed by atoms with Gasteiger partial charge in [0.15, 0.2) is 5.43 Å². The minimum atomic E-state index is -0.925. The van der Waals surface area contributed by atoms with Crippen molar-refractivity contribution in [2.24, 2.45) is 0 Å². The molecular weight excluding hydrogens is 532 g/mol. The number of carboxylic acids is 1. The number of carbonyl (C=O) groups is 1. The van der Waals surface area contributed by atoms with Gasteiger partial charge in [-0.3, -0.25) is 4.79 Å². The summed E-state index contributed by atoms with van der Waals surface area (Å²) in [5.74, 6) is 0.135. The van der Waals surface area contributed by atoms with Crippen LogP contribution in [-0.4, -0.2) is 20.6 Å². The minimum absolute atomic E-state index is 0.203. The number of imidazole rings is 1. The van der Waals surface area contributed by atoms with Crippen LogP contribution in [0.15, 0.2) is 65.5 Å².